The summed E-state index contributed by atoms with van der Waals surface area (Å²) in [6.45, 7) is 1.62. The SMILES string of the molecule is O=C(Nc1ccc(S(=O)(=O)NCc2ccccc2Cl)cc1)N1CCCCC1. The van der Waals surface area contributed by atoms with Gasteiger partial charge in [0.05, 0.1) is 4.90 Å². The number of hydrogen-bond donors (Lipinski definition) is 2. The standard InChI is InChI=1S/C19H22ClN3O3S/c20-18-7-3-2-6-15(18)14-21-27(25,26)17-10-8-16(9-11-17)22-19(24)23-12-4-1-5-13-23/h2-3,6-11,21H,1,4-5,12-14H2,(H,22,24). The lowest BCUT2D eigenvalue weighted by Crippen LogP contribution is -2.38. The number of carbonyl (C=O) groups excluding carboxylic acids is 1. The minimum Gasteiger partial charge on any atom is -0.325 e. The van der Waals surface area contributed by atoms with Gasteiger partial charge in [0.2, 0.25) is 10.0 Å². The number of nitrogens with zero attached hydrogens (tertiary/aromatic N) is 1. The van der Waals surface area contributed by atoms with Crippen LogP contribution in [0, 0.1) is 0 Å². The van der Waals surface area contributed by atoms with Gasteiger partial charge < -0.3 is 10.2 Å². The third-order valence-corrected chi connectivity index (χ3v) is 6.26. The molecule has 144 valence electrons. The largest absolute Gasteiger partial charge is 0.325 e. The van der Waals surface area contributed by atoms with Gasteiger partial charge in [0.25, 0.3) is 0 Å². The summed E-state index contributed by atoms with van der Waals surface area (Å²) in [6.07, 6.45) is 3.18. The average Bonchev–Trinajstić information content (AvgIpc) is 2.68. The van der Waals surface area contributed by atoms with Gasteiger partial charge in [0.15, 0.2) is 0 Å². The number of hydrogen-bond acceptors (Lipinski definition) is 3. The van der Waals surface area contributed by atoms with Crippen LogP contribution in [0.3, 0.4) is 0 Å². The monoisotopic (exact) mass is 407 g/mol. The molecule has 0 spiro atoms. The molecule has 0 saturated carbocycles. The fourth-order valence-corrected chi connectivity index (χ4v) is 4.12. The maximum Gasteiger partial charge on any atom is 0.321 e. The first-order chi connectivity index (χ1) is 13.0. The van der Waals surface area contributed by atoms with E-state index >= 15 is 0 Å². The number of halogens is 1. The number of likely N-dealkylation sites (tertiary alicyclic amines) is 1. The summed E-state index contributed by atoms with van der Waals surface area (Å²) in [5.41, 5.74) is 1.27. The molecule has 6 nitrogen and oxygen atoms in total. The van der Waals surface area contributed by atoms with Crippen LogP contribution in [0.2, 0.25) is 5.02 Å². The molecule has 1 aliphatic heterocycles. The van der Waals surface area contributed by atoms with Gasteiger partial charge in [-0.1, -0.05) is 29.8 Å². The molecule has 1 fully saturated rings. The molecule has 0 aliphatic carbocycles. The molecule has 2 aromatic carbocycles. The zero-order valence-electron chi connectivity index (χ0n) is 14.8. The zero-order chi connectivity index (χ0) is 19.3. The Morgan fingerprint density at radius 3 is 2.33 bits per heavy atom. The van der Waals surface area contributed by atoms with Gasteiger partial charge in [0, 0.05) is 30.3 Å². The van der Waals surface area contributed by atoms with Crippen molar-refractivity contribution in [1.82, 2.24) is 9.62 Å². The second kappa shape index (κ2) is 8.73. The zero-order valence-corrected chi connectivity index (χ0v) is 16.4. The van der Waals surface area contributed by atoms with Crippen LogP contribution in [0.5, 0.6) is 0 Å². The second-order valence-electron chi connectivity index (χ2n) is 6.42. The quantitative estimate of drug-likeness (QED) is 0.790. The van der Waals surface area contributed by atoms with Crippen molar-refractivity contribution >= 4 is 33.3 Å². The number of sulfonamides is 1. The molecule has 0 unspecified atom stereocenters. The molecule has 0 bridgehead atoms. The van der Waals surface area contributed by atoms with Crippen molar-refractivity contribution in [2.75, 3.05) is 18.4 Å². The smallest absolute Gasteiger partial charge is 0.321 e. The third-order valence-electron chi connectivity index (χ3n) is 4.47. The Kier molecular flexibility index (Phi) is 6.36. The van der Waals surface area contributed by atoms with Crippen molar-refractivity contribution < 1.29 is 13.2 Å². The van der Waals surface area contributed by atoms with Crippen LogP contribution in [-0.4, -0.2) is 32.4 Å². The average molecular weight is 408 g/mol. The highest BCUT2D eigenvalue weighted by molar-refractivity contribution is 7.89. The number of nitrogens with one attached hydrogen (secondary N) is 2. The normalized spacial score (nSPS) is 14.8. The van der Waals surface area contributed by atoms with Crippen LogP contribution in [0.4, 0.5) is 10.5 Å². The molecule has 3 rings (SSSR count). The Morgan fingerprint density at radius 1 is 1.00 bits per heavy atom. The van der Waals surface area contributed by atoms with E-state index < -0.39 is 10.0 Å². The topological polar surface area (TPSA) is 78.5 Å². The van der Waals surface area contributed by atoms with Crippen LogP contribution < -0.4 is 10.0 Å². The Labute approximate surface area is 164 Å². The predicted octanol–water partition coefficient (Wildman–Crippen LogP) is 3.84. The van der Waals surface area contributed by atoms with E-state index in [1.165, 1.54) is 12.1 Å². The summed E-state index contributed by atoms with van der Waals surface area (Å²) in [7, 11) is -3.67. The van der Waals surface area contributed by atoms with Gasteiger partial charge in [-0.2, -0.15) is 0 Å². The van der Waals surface area contributed by atoms with Gasteiger partial charge in [-0.3, -0.25) is 0 Å². The van der Waals surface area contributed by atoms with Gasteiger partial charge in [-0.25, -0.2) is 17.9 Å². The molecule has 0 aromatic heterocycles. The Bertz CT molecular complexity index is 895. The number of anilines is 1. The van der Waals surface area contributed by atoms with Crippen molar-refractivity contribution in [2.24, 2.45) is 0 Å². The van der Waals surface area contributed by atoms with Gasteiger partial charge in [-0.15, -0.1) is 0 Å². The van der Waals surface area contributed by atoms with Crippen LogP contribution in [0.1, 0.15) is 24.8 Å². The predicted molar refractivity (Wildman–Crippen MR) is 106 cm³/mol. The van der Waals surface area contributed by atoms with Crippen LogP contribution in [0.15, 0.2) is 53.4 Å². The van der Waals surface area contributed by atoms with E-state index in [-0.39, 0.29) is 17.5 Å². The number of piperidine rings is 1. The Balaban J connectivity index is 1.61. The van der Waals surface area contributed by atoms with E-state index in [2.05, 4.69) is 10.0 Å². The van der Waals surface area contributed by atoms with Gasteiger partial charge in [-0.05, 0) is 55.2 Å². The molecule has 0 atom stereocenters. The van der Waals surface area contributed by atoms with Crippen molar-refractivity contribution in [3.63, 3.8) is 0 Å². The van der Waals surface area contributed by atoms with E-state index in [0.717, 1.165) is 32.4 Å². The summed E-state index contributed by atoms with van der Waals surface area (Å²) in [6, 6.07) is 13.0. The van der Waals surface area contributed by atoms with Crippen molar-refractivity contribution in [3.8, 4) is 0 Å². The summed E-state index contributed by atoms with van der Waals surface area (Å²) < 4.78 is 27.4. The Hall–Kier alpha value is -2.09. The highest BCUT2D eigenvalue weighted by Gasteiger charge is 2.17. The minimum absolute atomic E-state index is 0.107. The highest BCUT2D eigenvalue weighted by Crippen LogP contribution is 2.18. The molecule has 0 radical (unpaired) electrons. The molecular formula is C19H22ClN3O3S. The van der Waals surface area contributed by atoms with Crippen LogP contribution in [-0.2, 0) is 16.6 Å². The van der Waals surface area contributed by atoms with Gasteiger partial charge in [0.1, 0.15) is 0 Å². The van der Waals surface area contributed by atoms with Crippen molar-refractivity contribution in [3.05, 3.63) is 59.1 Å². The number of rotatable bonds is 5. The molecule has 27 heavy (non-hydrogen) atoms. The fourth-order valence-electron chi connectivity index (χ4n) is 2.91. The van der Waals surface area contributed by atoms with E-state index in [4.69, 9.17) is 11.6 Å². The molecule has 2 N–H and O–H groups in total. The van der Waals surface area contributed by atoms with Gasteiger partial charge >= 0.3 is 6.03 Å². The highest BCUT2D eigenvalue weighted by atomic mass is 35.5. The van der Waals surface area contributed by atoms with Crippen molar-refractivity contribution in [1.29, 1.82) is 0 Å². The molecule has 8 heteroatoms. The molecule has 1 heterocycles. The number of benzene rings is 2. The fraction of sp³-hybridized carbons (Fsp3) is 0.316. The summed E-state index contributed by atoms with van der Waals surface area (Å²) in [5.74, 6) is 0. The summed E-state index contributed by atoms with van der Waals surface area (Å²) in [5, 5.41) is 3.32. The Morgan fingerprint density at radius 2 is 1.67 bits per heavy atom. The molecule has 2 amide bonds. The third kappa shape index (κ3) is 5.22. The summed E-state index contributed by atoms with van der Waals surface area (Å²) in [4.78, 5) is 14.1. The van der Waals surface area contributed by atoms with E-state index in [0.29, 0.717) is 16.3 Å². The minimum atomic E-state index is -3.67. The van der Waals surface area contributed by atoms with E-state index in [1.54, 1.807) is 41.3 Å². The number of urea groups is 1. The molecule has 1 aliphatic rings. The molecule has 2 aromatic rings. The summed E-state index contributed by atoms with van der Waals surface area (Å²) >= 11 is 6.05. The molecule has 1 saturated heterocycles. The number of carbonyl (C=O) groups is 1. The first kappa shape index (κ1) is 19.7. The van der Waals surface area contributed by atoms with E-state index in [1.807, 2.05) is 0 Å². The lowest BCUT2D eigenvalue weighted by atomic mass is 10.1. The lowest BCUT2D eigenvalue weighted by Gasteiger charge is -2.26. The lowest BCUT2D eigenvalue weighted by molar-refractivity contribution is 0.200. The second-order valence-corrected chi connectivity index (χ2v) is 8.59. The maximum atomic E-state index is 12.4. The first-order valence-electron chi connectivity index (χ1n) is 8.85. The maximum absolute atomic E-state index is 12.4. The van der Waals surface area contributed by atoms with Crippen molar-refractivity contribution in [2.45, 2.75) is 30.7 Å². The first-order valence-corrected chi connectivity index (χ1v) is 10.7. The van der Waals surface area contributed by atoms with Crippen LogP contribution in [0.25, 0.3) is 0 Å². The van der Waals surface area contributed by atoms with E-state index in [9.17, 15) is 13.2 Å². The number of amides is 2. The molecular weight excluding hydrogens is 386 g/mol. The van der Waals surface area contributed by atoms with Crippen LogP contribution >= 0.6 is 11.6 Å².